The van der Waals surface area contributed by atoms with Crippen molar-refractivity contribution >= 4 is 5.91 Å². The lowest BCUT2D eigenvalue weighted by atomic mass is 9.92. The first-order valence-corrected chi connectivity index (χ1v) is 6.02. The van der Waals surface area contributed by atoms with Gasteiger partial charge >= 0.3 is 0 Å². The van der Waals surface area contributed by atoms with Crippen molar-refractivity contribution in [3.63, 3.8) is 0 Å². The second-order valence-corrected chi connectivity index (χ2v) is 4.33. The van der Waals surface area contributed by atoms with E-state index in [1.165, 1.54) is 0 Å². The molecular formula is C13H21N3O. The average molecular weight is 235 g/mol. The van der Waals surface area contributed by atoms with Crippen LogP contribution in [0.1, 0.15) is 42.7 Å². The minimum Gasteiger partial charge on any atom is -0.345 e. The second kappa shape index (κ2) is 5.77. The van der Waals surface area contributed by atoms with Gasteiger partial charge < -0.3 is 11.1 Å². The summed E-state index contributed by atoms with van der Waals surface area (Å²) in [6.45, 7) is 6.39. The first kappa shape index (κ1) is 13.6. The first-order valence-electron chi connectivity index (χ1n) is 6.02. The standard InChI is InChI=1S/C13H21N3O/c1-4-13(5-2,9-14)16-12(17)11-6-7-15-10(3)8-11/h6-8H,4-5,9,14H2,1-3H3,(H,16,17). The molecule has 0 radical (unpaired) electrons. The van der Waals surface area contributed by atoms with Crippen LogP contribution in [0.5, 0.6) is 0 Å². The molecule has 3 N–H and O–H groups in total. The number of nitrogens with zero attached hydrogens (tertiary/aromatic N) is 1. The number of hydrogen-bond acceptors (Lipinski definition) is 3. The van der Waals surface area contributed by atoms with Gasteiger partial charge in [-0.3, -0.25) is 9.78 Å². The van der Waals surface area contributed by atoms with Gasteiger partial charge in [-0.1, -0.05) is 13.8 Å². The van der Waals surface area contributed by atoms with Crippen LogP contribution in [0.3, 0.4) is 0 Å². The summed E-state index contributed by atoms with van der Waals surface area (Å²) in [5, 5.41) is 3.03. The molecule has 0 unspecified atom stereocenters. The average Bonchev–Trinajstić information content (AvgIpc) is 2.36. The lowest BCUT2D eigenvalue weighted by molar-refractivity contribution is 0.0895. The van der Waals surface area contributed by atoms with E-state index in [4.69, 9.17) is 5.73 Å². The van der Waals surface area contributed by atoms with Gasteiger partial charge in [0.2, 0.25) is 0 Å². The molecule has 1 aromatic rings. The number of hydrogen-bond donors (Lipinski definition) is 2. The SMILES string of the molecule is CCC(CC)(CN)NC(=O)c1ccnc(C)c1. The largest absolute Gasteiger partial charge is 0.345 e. The minimum absolute atomic E-state index is 0.0790. The normalized spacial score (nSPS) is 11.3. The van der Waals surface area contributed by atoms with Crippen LogP contribution in [0.2, 0.25) is 0 Å². The summed E-state index contributed by atoms with van der Waals surface area (Å²) in [4.78, 5) is 16.2. The van der Waals surface area contributed by atoms with Gasteiger partial charge in [0.05, 0.1) is 5.54 Å². The number of rotatable bonds is 5. The van der Waals surface area contributed by atoms with Crippen LogP contribution in [-0.4, -0.2) is 23.0 Å². The highest BCUT2D eigenvalue weighted by Crippen LogP contribution is 2.14. The van der Waals surface area contributed by atoms with Crippen LogP contribution in [0, 0.1) is 6.92 Å². The van der Waals surface area contributed by atoms with Gasteiger partial charge in [-0.2, -0.15) is 0 Å². The first-order chi connectivity index (χ1) is 8.06. The number of amides is 1. The van der Waals surface area contributed by atoms with Crippen molar-refractivity contribution in [1.29, 1.82) is 0 Å². The van der Waals surface area contributed by atoms with Crippen molar-refractivity contribution in [3.05, 3.63) is 29.6 Å². The van der Waals surface area contributed by atoms with Crippen LogP contribution < -0.4 is 11.1 Å². The highest BCUT2D eigenvalue weighted by molar-refractivity contribution is 5.94. The third-order valence-corrected chi connectivity index (χ3v) is 3.28. The van der Waals surface area contributed by atoms with E-state index in [-0.39, 0.29) is 11.4 Å². The second-order valence-electron chi connectivity index (χ2n) is 4.33. The van der Waals surface area contributed by atoms with E-state index in [1.807, 2.05) is 20.8 Å². The van der Waals surface area contributed by atoms with E-state index in [0.29, 0.717) is 12.1 Å². The smallest absolute Gasteiger partial charge is 0.251 e. The molecule has 0 fully saturated rings. The molecule has 0 aromatic carbocycles. The van der Waals surface area contributed by atoms with Gasteiger partial charge in [0, 0.05) is 24.0 Å². The molecule has 0 atom stereocenters. The number of aromatic nitrogens is 1. The Morgan fingerprint density at radius 2 is 2.12 bits per heavy atom. The Balaban J connectivity index is 2.84. The molecule has 0 saturated heterocycles. The molecule has 1 amide bonds. The summed E-state index contributed by atoms with van der Waals surface area (Å²) in [5.41, 5.74) is 6.93. The van der Waals surface area contributed by atoms with Gasteiger partial charge in [-0.05, 0) is 31.9 Å². The Morgan fingerprint density at radius 1 is 1.47 bits per heavy atom. The van der Waals surface area contributed by atoms with Gasteiger partial charge in [0.1, 0.15) is 0 Å². The number of pyridine rings is 1. The molecule has 4 heteroatoms. The Kier molecular flexibility index (Phi) is 4.63. The Morgan fingerprint density at radius 3 is 2.59 bits per heavy atom. The quantitative estimate of drug-likeness (QED) is 0.815. The fraction of sp³-hybridized carbons (Fsp3) is 0.538. The zero-order chi connectivity index (χ0) is 12.9. The zero-order valence-electron chi connectivity index (χ0n) is 10.8. The topological polar surface area (TPSA) is 68.0 Å². The predicted octanol–water partition coefficient (Wildman–Crippen LogP) is 1.64. The Labute approximate surface area is 103 Å². The zero-order valence-corrected chi connectivity index (χ0v) is 10.8. The summed E-state index contributed by atoms with van der Waals surface area (Å²) >= 11 is 0. The van der Waals surface area contributed by atoms with E-state index in [9.17, 15) is 4.79 Å². The van der Waals surface area contributed by atoms with Gasteiger partial charge in [0.15, 0.2) is 0 Å². The summed E-state index contributed by atoms with van der Waals surface area (Å²) in [6, 6.07) is 3.50. The molecular weight excluding hydrogens is 214 g/mol. The Bertz CT molecular complexity index is 378. The molecule has 0 aliphatic heterocycles. The van der Waals surface area contributed by atoms with Gasteiger partial charge in [0.25, 0.3) is 5.91 Å². The van der Waals surface area contributed by atoms with Crippen molar-refractivity contribution in [3.8, 4) is 0 Å². The molecule has 1 aromatic heterocycles. The third kappa shape index (κ3) is 3.27. The lowest BCUT2D eigenvalue weighted by Gasteiger charge is -2.31. The number of carbonyl (C=O) groups is 1. The molecule has 0 saturated carbocycles. The molecule has 4 nitrogen and oxygen atoms in total. The maximum absolute atomic E-state index is 12.1. The lowest BCUT2D eigenvalue weighted by Crippen LogP contribution is -2.52. The third-order valence-electron chi connectivity index (χ3n) is 3.28. The van der Waals surface area contributed by atoms with Crippen molar-refractivity contribution in [2.24, 2.45) is 5.73 Å². The van der Waals surface area contributed by atoms with E-state index in [1.54, 1.807) is 18.3 Å². The van der Waals surface area contributed by atoms with Crippen LogP contribution in [0.25, 0.3) is 0 Å². The van der Waals surface area contributed by atoms with E-state index in [0.717, 1.165) is 18.5 Å². The maximum Gasteiger partial charge on any atom is 0.251 e. The molecule has 1 rings (SSSR count). The van der Waals surface area contributed by atoms with Crippen LogP contribution in [0.4, 0.5) is 0 Å². The van der Waals surface area contributed by atoms with Crippen molar-refractivity contribution in [2.75, 3.05) is 6.54 Å². The molecule has 0 bridgehead atoms. The summed E-state index contributed by atoms with van der Waals surface area (Å²) in [7, 11) is 0. The number of carbonyl (C=O) groups excluding carboxylic acids is 1. The molecule has 0 aliphatic carbocycles. The van der Waals surface area contributed by atoms with Crippen molar-refractivity contribution in [2.45, 2.75) is 39.2 Å². The number of aryl methyl sites for hydroxylation is 1. The molecule has 0 spiro atoms. The molecule has 94 valence electrons. The molecule has 17 heavy (non-hydrogen) atoms. The van der Waals surface area contributed by atoms with E-state index in [2.05, 4.69) is 10.3 Å². The minimum atomic E-state index is -0.297. The molecule has 0 aliphatic rings. The van der Waals surface area contributed by atoms with Crippen LogP contribution in [0.15, 0.2) is 18.3 Å². The highest BCUT2D eigenvalue weighted by Gasteiger charge is 2.26. The highest BCUT2D eigenvalue weighted by atomic mass is 16.1. The van der Waals surface area contributed by atoms with Crippen molar-refractivity contribution in [1.82, 2.24) is 10.3 Å². The fourth-order valence-electron chi connectivity index (χ4n) is 1.77. The predicted molar refractivity (Wildman–Crippen MR) is 68.8 cm³/mol. The Hall–Kier alpha value is -1.42. The van der Waals surface area contributed by atoms with Gasteiger partial charge in [-0.25, -0.2) is 0 Å². The van der Waals surface area contributed by atoms with Crippen molar-refractivity contribution < 1.29 is 4.79 Å². The fourth-order valence-corrected chi connectivity index (χ4v) is 1.77. The summed E-state index contributed by atoms with van der Waals surface area (Å²) < 4.78 is 0. The number of nitrogens with two attached hydrogens (primary N) is 1. The van der Waals surface area contributed by atoms with E-state index < -0.39 is 0 Å². The van der Waals surface area contributed by atoms with Crippen LogP contribution >= 0.6 is 0 Å². The van der Waals surface area contributed by atoms with Crippen LogP contribution in [-0.2, 0) is 0 Å². The maximum atomic E-state index is 12.1. The monoisotopic (exact) mass is 235 g/mol. The molecule has 1 heterocycles. The van der Waals surface area contributed by atoms with E-state index >= 15 is 0 Å². The number of nitrogens with one attached hydrogen (secondary N) is 1. The summed E-state index contributed by atoms with van der Waals surface area (Å²) in [6.07, 6.45) is 3.30. The van der Waals surface area contributed by atoms with Gasteiger partial charge in [-0.15, -0.1) is 0 Å². The summed E-state index contributed by atoms with van der Waals surface area (Å²) in [5.74, 6) is -0.0790.